The van der Waals surface area contributed by atoms with Crippen LogP contribution < -0.4 is 5.43 Å². The Morgan fingerprint density at radius 2 is 1.92 bits per heavy atom. The molecule has 1 aromatic carbocycles. The lowest BCUT2D eigenvalue weighted by Crippen LogP contribution is -2.22. The molecule has 0 spiro atoms. The van der Waals surface area contributed by atoms with Crippen LogP contribution in [0.1, 0.15) is 25.3 Å². The predicted molar refractivity (Wildman–Crippen MR) is 91.3 cm³/mol. The Kier molecular flexibility index (Phi) is 5.44. The van der Waals surface area contributed by atoms with Gasteiger partial charge in [-0.3, -0.25) is 4.79 Å². The second kappa shape index (κ2) is 7.02. The monoisotopic (exact) mass is 372 g/mol. The molecule has 2 rings (SSSR count). The number of nitrogens with one attached hydrogen (secondary N) is 1. The molecule has 0 radical (unpaired) electrons. The molecule has 1 aliphatic heterocycles. The molecule has 0 aliphatic carbocycles. The fourth-order valence-electron chi connectivity index (χ4n) is 2.49. The first kappa shape index (κ1) is 18.6. The maximum Gasteiger partial charge on any atom is 0.240 e. The van der Waals surface area contributed by atoms with Crippen LogP contribution in [0.2, 0.25) is 0 Å². The molecule has 1 aromatic rings. The molecule has 132 valence electrons. The lowest BCUT2D eigenvalue weighted by molar-refractivity contribution is -0.121. The normalized spacial score (nSPS) is 20.8. The Morgan fingerprint density at radius 3 is 2.42 bits per heavy atom. The lowest BCUT2D eigenvalue weighted by Gasteiger charge is -2.07. The average Bonchev–Trinajstić information content (AvgIpc) is 2.83. The van der Waals surface area contributed by atoms with Crippen LogP contribution in [0.3, 0.4) is 0 Å². The third-order valence-electron chi connectivity index (χ3n) is 3.85. The number of hydrazone groups is 1. The van der Waals surface area contributed by atoms with Gasteiger partial charge in [0.15, 0.2) is 19.7 Å². The lowest BCUT2D eigenvalue weighted by atomic mass is 10.1. The number of sulfone groups is 2. The first-order chi connectivity index (χ1) is 11.1. The average molecular weight is 372 g/mol. The van der Waals surface area contributed by atoms with Gasteiger partial charge >= 0.3 is 0 Å². The van der Waals surface area contributed by atoms with Crippen LogP contribution in [0.25, 0.3) is 0 Å². The van der Waals surface area contributed by atoms with Gasteiger partial charge in [-0.1, -0.05) is 12.1 Å². The van der Waals surface area contributed by atoms with Crippen molar-refractivity contribution in [2.24, 2.45) is 11.0 Å². The van der Waals surface area contributed by atoms with Gasteiger partial charge in [0, 0.05) is 12.7 Å². The van der Waals surface area contributed by atoms with E-state index in [2.05, 4.69) is 10.5 Å². The van der Waals surface area contributed by atoms with E-state index in [4.69, 9.17) is 0 Å². The quantitative estimate of drug-likeness (QED) is 0.606. The van der Waals surface area contributed by atoms with Crippen molar-refractivity contribution in [3.63, 3.8) is 0 Å². The van der Waals surface area contributed by atoms with Crippen LogP contribution in [0.5, 0.6) is 0 Å². The molecule has 1 aliphatic rings. The predicted octanol–water partition coefficient (Wildman–Crippen LogP) is 0.755. The zero-order chi connectivity index (χ0) is 18.0. The van der Waals surface area contributed by atoms with Gasteiger partial charge in [-0.25, -0.2) is 22.3 Å². The zero-order valence-corrected chi connectivity index (χ0v) is 15.2. The first-order valence-corrected chi connectivity index (χ1v) is 11.1. The van der Waals surface area contributed by atoms with Crippen molar-refractivity contribution in [3.05, 3.63) is 29.8 Å². The van der Waals surface area contributed by atoms with E-state index in [1.807, 2.05) is 0 Å². The van der Waals surface area contributed by atoms with Gasteiger partial charge in [0.2, 0.25) is 5.91 Å². The van der Waals surface area contributed by atoms with Crippen molar-refractivity contribution in [2.45, 2.75) is 24.7 Å². The molecular formula is C15H20N2O5S2. The smallest absolute Gasteiger partial charge is 0.240 e. The fourth-order valence-corrected chi connectivity index (χ4v) is 4.99. The van der Waals surface area contributed by atoms with Gasteiger partial charge in [0.25, 0.3) is 0 Å². The van der Waals surface area contributed by atoms with Gasteiger partial charge in [-0.2, -0.15) is 5.10 Å². The van der Waals surface area contributed by atoms with Crippen molar-refractivity contribution in [1.29, 1.82) is 0 Å². The second-order valence-corrected chi connectivity index (χ2v) is 10.2. The molecule has 1 N–H and O–H groups in total. The Balaban J connectivity index is 1.95. The summed E-state index contributed by atoms with van der Waals surface area (Å²) in [4.78, 5) is 12.1. The third-order valence-corrected chi connectivity index (χ3v) is 6.81. The zero-order valence-electron chi connectivity index (χ0n) is 13.5. The Morgan fingerprint density at radius 1 is 1.29 bits per heavy atom. The number of rotatable bonds is 5. The van der Waals surface area contributed by atoms with Crippen molar-refractivity contribution in [1.82, 2.24) is 5.43 Å². The maximum absolute atomic E-state index is 11.8. The molecule has 7 nitrogen and oxygen atoms in total. The van der Waals surface area contributed by atoms with Gasteiger partial charge in [-0.15, -0.1) is 0 Å². The van der Waals surface area contributed by atoms with E-state index in [0.717, 1.165) is 6.26 Å². The fraction of sp³-hybridized carbons (Fsp3) is 0.467. The van der Waals surface area contributed by atoms with Crippen molar-refractivity contribution < 1.29 is 21.6 Å². The standard InChI is InChI=1S/C15H20N2O5S2/c1-11(13-3-5-14(6-4-13)23(2,19)20)16-17-15(18)9-12-7-8-24(21,22)10-12/h3-6,12H,7-10H2,1-2H3,(H,17,18)/b16-11-/t12-/m0/s1. The molecular weight excluding hydrogens is 352 g/mol. The maximum atomic E-state index is 11.8. The van der Waals surface area contributed by atoms with Crippen LogP contribution in [0.4, 0.5) is 0 Å². The van der Waals surface area contributed by atoms with Crippen molar-refractivity contribution in [3.8, 4) is 0 Å². The Bertz CT molecular complexity index is 856. The number of amides is 1. The van der Waals surface area contributed by atoms with Crippen molar-refractivity contribution in [2.75, 3.05) is 17.8 Å². The summed E-state index contributed by atoms with van der Waals surface area (Å²) in [6.45, 7) is 1.69. The van der Waals surface area contributed by atoms with Gasteiger partial charge in [0.1, 0.15) is 0 Å². The van der Waals surface area contributed by atoms with E-state index in [-0.39, 0.29) is 34.6 Å². The van der Waals surface area contributed by atoms with Crippen LogP contribution in [-0.2, 0) is 24.5 Å². The highest BCUT2D eigenvalue weighted by Gasteiger charge is 2.29. The summed E-state index contributed by atoms with van der Waals surface area (Å²) in [5, 5.41) is 3.98. The minimum atomic E-state index is -3.25. The molecule has 0 saturated carbocycles. The molecule has 1 heterocycles. The Hall–Kier alpha value is -1.74. The molecule has 0 aromatic heterocycles. The topological polar surface area (TPSA) is 110 Å². The largest absolute Gasteiger partial charge is 0.273 e. The highest BCUT2D eigenvalue weighted by molar-refractivity contribution is 7.91. The van der Waals surface area contributed by atoms with E-state index >= 15 is 0 Å². The van der Waals surface area contributed by atoms with Gasteiger partial charge in [0.05, 0.1) is 22.1 Å². The minimum absolute atomic E-state index is 0.0517. The van der Waals surface area contributed by atoms with E-state index in [0.29, 0.717) is 17.7 Å². The molecule has 24 heavy (non-hydrogen) atoms. The number of benzene rings is 1. The van der Waals surface area contributed by atoms with Crippen LogP contribution in [-0.4, -0.2) is 46.2 Å². The van der Waals surface area contributed by atoms with Crippen LogP contribution in [0.15, 0.2) is 34.3 Å². The molecule has 1 amide bonds. The van der Waals surface area contributed by atoms with Crippen LogP contribution in [0, 0.1) is 5.92 Å². The summed E-state index contributed by atoms with van der Waals surface area (Å²) >= 11 is 0. The number of nitrogens with zero attached hydrogens (tertiary/aromatic N) is 1. The molecule has 1 saturated heterocycles. The molecule has 0 unspecified atom stereocenters. The number of carbonyl (C=O) groups is 1. The SMILES string of the molecule is C/C(=N/NC(=O)C[C@@H]1CCS(=O)(=O)C1)c1ccc(S(C)(=O)=O)cc1. The summed E-state index contributed by atoms with van der Waals surface area (Å²) in [6, 6.07) is 6.19. The summed E-state index contributed by atoms with van der Waals surface area (Å²) in [5.74, 6) is -0.292. The van der Waals surface area contributed by atoms with E-state index < -0.39 is 19.7 Å². The summed E-state index contributed by atoms with van der Waals surface area (Å²) in [5.41, 5.74) is 3.63. The Labute approximate surface area is 142 Å². The highest BCUT2D eigenvalue weighted by Crippen LogP contribution is 2.21. The van der Waals surface area contributed by atoms with E-state index in [9.17, 15) is 21.6 Å². The molecule has 9 heteroatoms. The minimum Gasteiger partial charge on any atom is -0.273 e. The van der Waals surface area contributed by atoms with Gasteiger partial charge in [-0.05, 0) is 37.0 Å². The number of hydrogen-bond acceptors (Lipinski definition) is 6. The first-order valence-electron chi connectivity index (χ1n) is 7.41. The summed E-state index contributed by atoms with van der Waals surface area (Å²) in [6.07, 6.45) is 1.76. The third kappa shape index (κ3) is 5.13. The van der Waals surface area contributed by atoms with Crippen LogP contribution >= 0.6 is 0 Å². The molecule has 1 fully saturated rings. The van der Waals surface area contributed by atoms with E-state index in [1.165, 1.54) is 12.1 Å². The second-order valence-electron chi connectivity index (χ2n) is 6.00. The number of hydrogen-bond donors (Lipinski definition) is 1. The number of carbonyl (C=O) groups excluding carboxylic acids is 1. The molecule has 1 atom stereocenters. The van der Waals surface area contributed by atoms with Crippen molar-refractivity contribution >= 4 is 31.3 Å². The molecule has 0 bridgehead atoms. The van der Waals surface area contributed by atoms with Gasteiger partial charge < -0.3 is 0 Å². The summed E-state index contributed by atoms with van der Waals surface area (Å²) < 4.78 is 45.6. The highest BCUT2D eigenvalue weighted by atomic mass is 32.2. The van der Waals surface area contributed by atoms with E-state index in [1.54, 1.807) is 19.1 Å². The summed E-state index contributed by atoms with van der Waals surface area (Å²) in [7, 11) is -6.25.